The maximum absolute atomic E-state index is 13.8. The number of aldehydes is 1. The van der Waals surface area contributed by atoms with Crippen LogP contribution in [0.4, 0.5) is 8.78 Å². The number of halogens is 2. The minimum Gasteiger partial charge on any atom is -0.400 e. The molecule has 0 radical (unpaired) electrons. The van der Waals surface area contributed by atoms with Crippen molar-refractivity contribution in [3.63, 3.8) is 0 Å². The molecule has 3 nitrogen and oxygen atoms in total. The van der Waals surface area contributed by atoms with Gasteiger partial charge in [0.15, 0.2) is 0 Å². The number of carbonyl (C=O) groups excluding carboxylic acids is 1. The van der Waals surface area contributed by atoms with E-state index < -0.39 is 0 Å². The van der Waals surface area contributed by atoms with Crippen molar-refractivity contribution < 1.29 is 18.7 Å². The third-order valence-electron chi connectivity index (χ3n) is 4.23. The van der Waals surface area contributed by atoms with Crippen LogP contribution in [0.2, 0.25) is 0 Å². The summed E-state index contributed by atoms with van der Waals surface area (Å²) in [7, 11) is 1.36. The molecule has 3 rings (SSSR count). The quantitative estimate of drug-likeness (QED) is 0.622. The molecular weight excluding hydrogens is 367 g/mol. The second-order valence-corrected chi connectivity index (χ2v) is 7.25. The van der Waals surface area contributed by atoms with Crippen molar-refractivity contribution in [3.05, 3.63) is 76.2 Å². The number of nitrogens with zero attached hydrogens (tertiary/aromatic N) is 1. The molecule has 2 aromatic carbocycles. The number of hydrogen-bond acceptors (Lipinski definition) is 3. The highest BCUT2D eigenvalue weighted by molar-refractivity contribution is 7.34. The van der Waals surface area contributed by atoms with Gasteiger partial charge in [0, 0.05) is 25.5 Å². The van der Waals surface area contributed by atoms with E-state index in [0.29, 0.717) is 33.0 Å². The Hall–Kier alpha value is -2.36. The van der Waals surface area contributed by atoms with E-state index in [4.69, 9.17) is 10.1 Å². The summed E-state index contributed by atoms with van der Waals surface area (Å²) in [5.41, 5.74) is 4.19. The molecule has 1 aromatic heterocycles. The topological polar surface area (TPSA) is 50.2 Å². The van der Waals surface area contributed by atoms with E-state index in [1.54, 1.807) is 25.1 Å². The largest absolute Gasteiger partial charge is 0.400 e. The van der Waals surface area contributed by atoms with Gasteiger partial charge in [0.1, 0.15) is 17.9 Å². The molecule has 1 atom stereocenters. The first-order valence-corrected chi connectivity index (χ1v) is 9.54. The van der Waals surface area contributed by atoms with Crippen LogP contribution in [0.3, 0.4) is 0 Å². The Balaban J connectivity index is 0.00000126. The SMILES string of the molecule is CO.Cc1c(F)cccc1Cc1nc(-c2ccc(F)cc2)[pH]c1CCC=O. The van der Waals surface area contributed by atoms with E-state index in [9.17, 15) is 13.6 Å². The number of rotatable bonds is 6. The van der Waals surface area contributed by atoms with Crippen molar-refractivity contribution in [1.82, 2.24) is 4.98 Å². The zero-order chi connectivity index (χ0) is 19.8. The number of hydrogen-bond donors (Lipinski definition) is 1. The Kier molecular flexibility index (Phi) is 7.83. The summed E-state index contributed by atoms with van der Waals surface area (Å²) in [4.78, 5) is 15.5. The second kappa shape index (κ2) is 10.1. The summed E-state index contributed by atoms with van der Waals surface area (Å²) < 4.78 is 26.9. The third-order valence-corrected chi connectivity index (χ3v) is 5.71. The van der Waals surface area contributed by atoms with Gasteiger partial charge in [-0.25, -0.2) is 13.8 Å². The van der Waals surface area contributed by atoms with Gasteiger partial charge in [0.05, 0.1) is 11.1 Å². The van der Waals surface area contributed by atoms with E-state index in [1.165, 1.54) is 18.2 Å². The van der Waals surface area contributed by atoms with Crippen molar-refractivity contribution in [2.24, 2.45) is 0 Å². The predicted molar refractivity (Wildman–Crippen MR) is 106 cm³/mol. The van der Waals surface area contributed by atoms with Gasteiger partial charge in [-0.1, -0.05) is 12.1 Å². The molecule has 3 aromatic rings. The van der Waals surface area contributed by atoms with Crippen molar-refractivity contribution in [1.29, 1.82) is 0 Å². The van der Waals surface area contributed by atoms with Gasteiger partial charge in [-0.3, -0.25) is 0 Å². The van der Waals surface area contributed by atoms with E-state index in [0.717, 1.165) is 40.9 Å². The van der Waals surface area contributed by atoms with Crippen LogP contribution in [-0.4, -0.2) is 23.5 Å². The fraction of sp³-hybridized carbons (Fsp3) is 0.238. The lowest BCUT2D eigenvalue weighted by Crippen LogP contribution is -1.98. The van der Waals surface area contributed by atoms with Gasteiger partial charge in [0.2, 0.25) is 0 Å². The number of aliphatic hydroxyl groups is 1. The highest BCUT2D eigenvalue weighted by atomic mass is 31.0. The van der Waals surface area contributed by atoms with Crippen LogP contribution in [0.25, 0.3) is 11.0 Å². The molecule has 0 aliphatic carbocycles. The van der Waals surface area contributed by atoms with Crippen LogP contribution < -0.4 is 0 Å². The molecule has 0 bridgehead atoms. The molecule has 0 fully saturated rings. The monoisotopic (exact) mass is 389 g/mol. The maximum atomic E-state index is 13.8. The van der Waals surface area contributed by atoms with Gasteiger partial charge in [-0.05, 0) is 60.1 Å². The van der Waals surface area contributed by atoms with Crippen LogP contribution in [0.5, 0.6) is 0 Å². The maximum Gasteiger partial charge on any atom is 0.126 e. The van der Waals surface area contributed by atoms with Crippen LogP contribution in [0.15, 0.2) is 42.5 Å². The molecule has 0 aliphatic heterocycles. The van der Waals surface area contributed by atoms with E-state index >= 15 is 0 Å². The van der Waals surface area contributed by atoms with E-state index in [-0.39, 0.29) is 11.6 Å². The Morgan fingerprint density at radius 3 is 2.48 bits per heavy atom. The molecule has 1 unspecified atom stereocenters. The molecule has 27 heavy (non-hydrogen) atoms. The van der Waals surface area contributed by atoms with Crippen LogP contribution >= 0.6 is 8.19 Å². The molecule has 0 saturated heterocycles. The Morgan fingerprint density at radius 2 is 1.81 bits per heavy atom. The standard InChI is InChI=1S/C20H18F2NOP.CH4O/c1-13-15(4-2-5-17(13)22)12-18-19(6-3-11-24)25-20(23-18)14-7-9-16(21)10-8-14;1-2/h2,4-5,7-11,25H,3,6,12H2,1H3;2H,1H3. The van der Waals surface area contributed by atoms with Crippen molar-refractivity contribution in [2.45, 2.75) is 26.2 Å². The molecule has 0 spiro atoms. The lowest BCUT2D eigenvalue weighted by Gasteiger charge is -2.06. The minimum absolute atomic E-state index is 0.226. The number of aromatic nitrogens is 1. The highest BCUT2D eigenvalue weighted by Crippen LogP contribution is 2.35. The molecule has 142 valence electrons. The van der Waals surface area contributed by atoms with Gasteiger partial charge in [-0.15, -0.1) is 8.19 Å². The van der Waals surface area contributed by atoms with E-state index in [1.807, 2.05) is 6.07 Å². The Bertz CT molecular complexity index is 892. The van der Waals surface area contributed by atoms with Gasteiger partial charge in [-0.2, -0.15) is 0 Å². The molecule has 1 N–H and O–H groups in total. The average Bonchev–Trinajstić information content (AvgIpc) is 3.08. The zero-order valence-electron chi connectivity index (χ0n) is 15.3. The van der Waals surface area contributed by atoms with Crippen molar-refractivity contribution in [2.75, 3.05) is 7.11 Å². The highest BCUT2D eigenvalue weighted by Gasteiger charge is 2.14. The normalized spacial score (nSPS) is 10.6. The summed E-state index contributed by atoms with van der Waals surface area (Å²) in [5.74, 6) is -0.508. The molecule has 6 heteroatoms. The van der Waals surface area contributed by atoms with Gasteiger partial charge >= 0.3 is 0 Å². The minimum atomic E-state index is -0.282. The third kappa shape index (κ3) is 5.31. The second-order valence-electron chi connectivity index (χ2n) is 5.92. The fourth-order valence-corrected chi connectivity index (χ4v) is 4.12. The summed E-state index contributed by atoms with van der Waals surface area (Å²) in [6, 6.07) is 11.3. The molecule has 0 aliphatic rings. The first kappa shape index (κ1) is 20.9. The molecule has 0 saturated carbocycles. The van der Waals surface area contributed by atoms with E-state index in [2.05, 4.69) is 0 Å². The Morgan fingerprint density at radius 1 is 1.11 bits per heavy atom. The molecule has 0 amide bonds. The van der Waals surface area contributed by atoms with Crippen LogP contribution in [-0.2, 0) is 17.6 Å². The first-order chi connectivity index (χ1) is 13.1. The lowest BCUT2D eigenvalue weighted by molar-refractivity contribution is -0.107. The Labute approximate surface area is 159 Å². The summed E-state index contributed by atoms with van der Waals surface area (Å²) >= 11 is 0. The number of aliphatic hydroxyl groups excluding tert-OH is 1. The van der Waals surface area contributed by atoms with Crippen molar-refractivity contribution >= 4 is 14.5 Å². The van der Waals surface area contributed by atoms with Crippen LogP contribution in [0.1, 0.15) is 28.5 Å². The summed E-state index contributed by atoms with van der Waals surface area (Å²) in [6.45, 7) is 1.76. The molecular formula is C21H22F2NO2P. The smallest absolute Gasteiger partial charge is 0.126 e. The summed E-state index contributed by atoms with van der Waals surface area (Å²) in [6.07, 6.45) is 2.54. The molecule has 1 heterocycles. The van der Waals surface area contributed by atoms with Crippen LogP contribution in [0, 0.1) is 18.6 Å². The number of carbonyl (C=O) groups is 1. The summed E-state index contributed by atoms with van der Waals surface area (Å²) in [5, 5.41) is 8.12. The van der Waals surface area contributed by atoms with Crippen molar-refractivity contribution in [3.8, 4) is 11.0 Å². The predicted octanol–water partition coefficient (Wildman–Crippen LogP) is 4.70. The first-order valence-electron chi connectivity index (χ1n) is 8.54. The average molecular weight is 389 g/mol. The number of aryl methyl sites for hydroxylation is 1. The number of benzene rings is 2. The zero-order valence-corrected chi connectivity index (χ0v) is 16.3. The lowest BCUT2D eigenvalue weighted by atomic mass is 10.0. The van der Waals surface area contributed by atoms with Gasteiger partial charge in [0.25, 0.3) is 0 Å². The van der Waals surface area contributed by atoms with Gasteiger partial charge < -0.3 is 9.90 Å². The fourth-order valence-electron chi connectivity index (χ4n) is 2.77.